The number of hydrogen-bond donors (Lipinski definition) is 2. The van der Waals surface area contributed by atoms with E-state index in [-0.39, 0.29) is 50.1 Å². The van der Waals surface area contributed by atoms with Gasteiger partial charge in [-0.25, -0.2) is 9.59 Å². The molecule has 2 heterocycles. The second kappa shape index (κ2) is 10.4. The molecule has 1 aromatic rings. The highest BCUT2D eigenvalue weighted by molar-refractivity contribution is 5.83. The molecule has 0 saturated carbocycles. The maximum atomic E-state index is 13.4. The van der Waals surface area contributed by atoms with Crippen molar-refractivity contribution in [3.63, 3.8) is 0 Å². The average Bonchev–Trinajstić information content (AvgIpc) is 3.26. The van der Waals surface area contributed by atoms with Crippen LogP contribution in [0.15, 0.2) is 24.0 Å². The monoisotopic (exact) mass is 544 g/mol. The summed E-state index contributed by atoms with van der Waals surface area (Å²) >= 11 is 0. The molecule has 1 unspecified atom stereocenters. The molecule has 2 N–H and O–H groups in total. The van der Waals surface area contributed by atoms with Crippen LogP contribution in [0.3, 0.4) is 0 Å². The van der Waals surface area contributed by atoms with Crippen LogP contribution in [0.25, 0.3) is 0 Å². The number of methoxy groups -OCH3 is 2. The first kappa shape index (κ1) is 27.4. The van der Waals surface area contributed by atoms with Gasteiger partial charge in [0, 0.05) is 31.6 Å². The summed E-state index contributed by atoms with van der Waals surface area (Å²) < 4.78 is 28.0. The maximum absolute atomic E-state index is 13.4. The van der Waals surface area contributed by atoms with Gasteiger partial charge in [-0.05, 0) is 57.5 Å². The normalized spacial score (nSPS) is 28.9. The van der Waals surface area contributed by atoms with E-state index in [9.17, 15) is 19.5 Å². The van der Waals surface area contributed by atoms with Gasteiger partial charge in [0.05, 0.1) is 24.7 Å². The molecular formula is C28H36N2O9. The summed E-state index contributed by atoms with van der Waals surface area (Å²) in [5.41, 5.74) is 0.0472. The zero-order chi connectivity index (χ0) is 27.9. The Morgan fingerprint density at radius 3 is 2.77 bits per heavy atom. The Morgan fingerprint density at radius 2 is 2.05 bits per heavy atom. The molecule has 39 heavy (non-hydrogen) atoms. The molecule has 11 heteroatoms. The molecule has 1 amide bonds. The van der Waals surface area contributed by atoms with Crippen molar-refractivity contribution in [3.05, 3.63) is 35.1 Å². The largest absolute Gasteiger partial charge is 0.493 e. The number of esters is 1. The Balaban J connectivity index is 1.45. The third-order valence-corrected chi connectivity index (χ3v) is 8.66. The van der Waals surface area contributed by atoms with Crippen LogP contribution in [0, 0.1) is 0 Å². The van der Waals surface area contributed by atoms with Crippen molar-refractivity contribution in [2.45, 2.75) is 68.2 Å². The second-order valence-corrected chi connectivity index (χ2v) is 10.8. The van der Waals surface area contributed by atoms with Crippen molar-refractivity contribution in [1.82, 2.24) is 10.2 Å². The van der Waals surface area contributed by atoms with Crippen molar-refractivity contribution in [3.8, 4) is 11.5 Å². The number of likely N-dealkylation sites (N-methyl/N-ethyl adjacent to an activating group) is 1. The number of benzene rings is 1. The Bertz CT molecular complexity index is 1200. The average molecular weight is 545 g/mol. The molecule has 1 fully saturated rings. The van der Waals surface area contributed by atoms with Gasteiger partial charge in [0.15, 0.2) is 17.6 Å². The number of likely N-dealkylation sites (tertiary alicyclic amines) is 1. The number of Topliss-reactive ketones (excluding diaryl/α,β-unsaturated/α-hetero) is 1. The number of nitrogens with zero attached hydrogens (tertiary/aromatic N) is 1. The van der Waals surface area contributed by atoms with Crippen LogP contribution < -0.4 is 14.8 Å². The van der Waals surface area contributed by atoms with Crippen LogP contribution in [0.5, 0.6) is 11.5 Å². The molecular weight excluding hydrogens is 508 g/mol. The highest BCUT2D eigenvalue weighted by Gasteiger charge is 2.72. The first-order valence-corrected chi connectivity index (χ1v) is 13.3. The SMILES string of the molecule is COCCOC(=O)NC(CCC(C)=O)C(=O)OC1=CC[C@@]2(O)[C@@H]3Cc4ccc(OC)c5c4[C@@]2(CCN3C)[C@H]1O5. The summed E-state index contributed by atoms with van der Waals surface area (Å²) in [5, 5.41) is 14.8. The van der Waals surface area contributed by atoms with Crippen LogP contribution in [-0.2, 0) is 35.6 Å². The zero-order valence-corrected chi connectivity index (χ0v) is 22.8. The molecule has 1 aromatic carbocycles. The van der Waals surface area contributed by atoms with Crippen LogP contribution in [-0.4, -0.2) is 92.7 Å². The van der Waals surface area contributed by atoms with Gasteiger partial charge in [-0.1, -0.05) is 6.07 Å². The van der Waals surface area contributed by atoms with Crippen molar-refractivity contribution >= 4 is 17.8 Å². The number of nitrogens with one attached hydrogen (secondary N) is 1. The van der Waals surface area contributed by atoms with Gasteiger partial charge < -0.3 is 43.8 Å². The van der Waals surface area contributed by atoms with E-state index in [2.05, 4.69) is 10.2 Å². The Labute approximate surface area is 227 Å². The summed E-state index contributed by atoms with van der Waals surface area (Å²) in [6, 6.07) is 2.64. The number of rotatable bonds is 10. The number of ketones is 1. The van der Waals surface area contributed by atoms with Gasteiger partial charge >= 0.3 is 12.1 Å². The van der Waals surface area contributed by atoms with Gasteiger partial charge in [0.2, 0.25) is 0 Å². The Hall–Kier alpha value is -3.15. The number of aliphatic hydroxyl groups is 1. The molecule has 0 radical (unpaired) electrons. The first-order valence-electron chi connectivity index (χ1n) is 13.3. The zero-order valence-electron chi connectivity index (χ0n) is 22.8. The number of hydrogen-bond acceptors (Lipinski definition) is 10. The van der Waals surface area contributed by atoms with Crippen molar-refractivity contribution < 1.29 is 43.2 Å². The minimum Gasteiger partial charge on any atom is -0.493 e. The van der Waals surface area contributed by atoms with E-state index in [1.54, 1.807) is 13.2 Å². The van der Waals surface area contributed by atoms with Gasteiger partial charge in [0.25, 0.3) is 0 Å². The molecule has 2 aliphatic carbocycles. The van der Waals surface area contributed by atoms with Crippen LogP contribution in [0.1, 0.15) is 43.7 Å². The van der Waals surface area contributed by atoms with E-state index in [1.165, 1.54) is 14.0 Å². The fourth-order valence-electron chi connectivity index (χ4n) is 6.77. The lowest BCUT2D eigenvalue weighted by Gasteiger charge is -2.61. The summed E-state index contributed by atoms with van der Waals surface area (Å²) in [6.45, 7) is 2.36. The molecule has 2 aliphatic heterocycles. The lowest BCUT2D eigenvalue weighted by atomic mass is 9.50. The third kappa shape index (κ3) is 4.36. The lowest BCUT2D eigenvalue weighted by molar-refractivity contribution is -0.170. The van der Waals surface area contributed by atoms with Crippen molar-refractivity contribution in [1.29, 1.82) is 0 Å². The fraction of sp³-hybridized carbons (Fsp3) is 0.607. The van der Waals surface area contributed by atoms with Gasteiger partial charge in [-0.15, -0.1) is 0 Å². The second-order valence-electron chi connectivity index (χ2n) is 10.8. The number of ether oxygens (including phenoxy) is 5. The lowest BCUT2D eigenvalue weighted by Crippen LogP contribution is -2.74. The Kier molecular flexibility index (Phi) is 7.34. The van der Waals surface area contributed by atoms with Gasteiger partial charge in [-0.3, -0.25) is 0 Å². The molecule has 1 saturated heterocycles. The van der Waals surface area contributed by atoms with Crippen LogP contribution >= 0.6 is 0 Å². The Morgan fingerprint density at radius 1 is 1.26 bits per heavy atom. The predicted octanol–water partition coefficient (Wildman–Crippen LogP) is 1.63. The maximum Gasteiger partial charge on any atom is 0.407 e. The minimum atomic E-state index is -1.14. The molecule has 4 aliphatic rings. The summed E-state index contributed by atoms with van der Waals surface area (Å²) in [6.07, 6.45) is 1.80. The quantitative estimate of drug-likeness (QED) is 0.331. The topological polar surface area (TPSA) is 133 Å². The third-order valence-electron chi connectivity index (χ3n) is 8.66. The fourth-order valence-corrected chi connectivity index (χ4v) is 6.77. The molecule has 1 spiro atoms. The number of carbonyl (C=O) groups is 3. The summed E-state index contributed by atoms with van der Waals surface area (Å²) in [5.74, 6) is 0.541. The highest BCUT2D eigenvalue weighted by atomic mass is 16.6. The highest BCUT2D eigenvalue weighted by Crippen LogP contribution is 2.65. The van der Waals surface area contributed by atoms with E-state index >= 15 is 0 Å². The van der Waals surface area contributed by atoms with E-state index in [1.807, 2.05) is 19.2 Å². The van der Waals surface area contributed by atoms with Gasteiger partial charge in [-0.2, -0.15) is 0 Å². The first-order chi connectivity index (χ1) is 18.7. The standard InChI is InChI=1S/C28H36N2O9/c1-16(31)5-7-18(29-26(33)37-14-13-35-3)25(32)38-20-9-10-28(34)21-15-17-6-8-19(36-4)23-22(17)27(28,24(20)39-23)11-12-30(21)2/h6,8-9,18,21,24,34H,5,7,10-15H2,1-4H3,(H,29,33)/t18?,21-,24-,27-,28+/m0/s1. The molecule has 2 bridgehead atoms. The van der Waals surface area contributed by atoms with Gasteiger partial charge in [0.1, 0.15) is 24.2 Å². The van der Waals surface area contributed by atoms with Crippen LogP contribution in [0.2, 0.25) is 0 Å². The van der Waals surface area contributed by atoms with Crippen LogP contribution in [0.4, 0.5) is 4.79 Å². The number of piperidine rings is 1. The summed E-state index contributed by atoms with van der Waals surface area (Å²) in [4.78, 5) is 39.6. The van der Waals surface area contributed by atoms with Crippen molar-refractivity contribution in [2.24, 2.45) is 0 Å². The molecule has 0 aromatic heterocycles. The molecule has 212 valence electrons. The number of alkyl carbamates (subject to hydrolysis) is 1. The smallest absolute Gasteiger partial charge is 0.407 e. The molecule has 5 rings (SSSR count). The van der Waals surface area contributed by atoms with Crippen molar-refractivity contribution in [2.75, 3.05) is 41.0 Å². The van der Waals surface area contributed by atoms with E-state index in [0.717, 1.165) is 17.7 Å². The molecule has 11 nitrogen and oxygen atoms in total. The predicted molar refractivity (Wildman–Crippen MR) is 138 cm³/mol. The number of carbonyl (C=O) groups excluding carboxylic acids is 3. The van der Waals surface area contributed by atoms with E-state index in [0.29, 0.717) is 24.3 Å². The number of amides is 1. The minimum absolute atomic E-state index is 0.0109. The van der Waals surface area contributed by atoms with E-state index < -0.39 is 35.2 Å². The summed E-state index contributed by atoms with van der Waals surface area (Å²) in [7, 11) is 5.07. The van der Waals surface area contributed by atoms with E-state index in [4.69, 9.17) is 23.7 Å². The molecule has 5 atom stereocenters.